The molecule has 2 aromatic heterocycles. The highest BCUT2D eigenvalue weighted by Gasteiger charge is 2.06. The van der Waals surface area contributed by atoms with E-state index in [1.54, 1.807) is 30.1 Å². The topological polar surface area (TPSA) is 112 Å². The summed E-state index contributed by atoms with van der Waals surface area (Å²) in [5.41, 5.74) is 12.3. The highest BCUT2D eigenvalue weighted by atomic mass is 16.1. The van der Waals surface area contributed by atoms with Crippen LogP contribution >= 0.6 is 0 Å². The van der Waals surface area contributed by atoms with Crippen molar-refractivity contribution in [2.24, 2.45) is 12.8 Å². The smallest absolute Gasteiger partial charge is 0.248 e. The van der Waals surface area contributed by atoms with E-state index in [0.717, 1.165) is 5.56 Å². The zero-order chi connectivity index (χ0) is 13.1. The van der Waals surface area contributed by atoms with Crippen LogP contribution in [0.15, 0.2) is 24.5 Å². The van der Waals surface area contributed by atoms with Gasteiger partial charge in [0, 0.05) is 30.9 Å². The molecular formula is C11H14N6O. The second-order valence-electron chi connectivity index (χ2n) is 3.83. The maximum atomic E-state index is 11.0. The summed E-state index contributed by atoms with van der Waals surface area (Å²) in [5, 5.41) is 7.09. The number of aromatic nitrogens is 3. The van der Waals surface area contributed by atoms with Crippen molar-refractivity contribution in [2.75, 3.05) is 11.1 Å². The van der Waals surface area contributed by atoms with Crippen molar-refractivity contribution in [3.63, 3.8) is 0 Å². The average Bonchev–Trinajstić information content (AvgIpc) is 2.68. The van der Waals surface area contributed by atoms with Gasteiger partial charge in [0.2, 0.25) is 5.91 Å². The van der Waals surface area contributed by atoms with Gasteiger partial charge < -0.3 is 16.8 Å². The number of pyridine rings is 1. The monoisotopic (exact) mass is 246 g/mol. The first kappa shape index (κ1) is 11.9. The second-order valence-corrected chi connectivity index (χ2v) is 3.83. The third-order valence-electron chi connectivity index (χ3n) is 2.57. The molecule has 0 aromatic carbocycles. The van der Waals surface area contributed by atoms with Crippen molar-refractivity contribution < 1.29 is 4.79 Å². The summed E-state index contributed by atoms with van der Waals surface area (Å²) in [6.07, 6.45) is 3.20. The van der Waals surface area contributed by atoms with Crippen LogP contribution in [0.4, 0.5) is 11.6 Å². The molecule has 0 unspecified atom stereocenters. The molecule has 0 aliphatic rings. The number of nitrogens with two attached hydrogens (primary N) is 2. The minimum absolute atomic E-state index is 0.409. The Hall–Kier alpha value is -2.57. The van der Waals surface area contributed by atoms with E-state index in [9.17, 15) is 4.79 Å². The maximum absolute atomic E-state index is 11.0. The van der Waals surface area contributed by atoms with Crippen LogP contribution in [0, 0.1) is 0 Å². The minimum Gasteiger partial charge on any atom is -0.384 e. The van der Waals surface area contributed by atoms with Gasteiger partial charge in [-0.15, -0.1) is 0 Å². The number of amides is 1. The van der Waals surface area contributed by atoms with Gasteiger partial charge in [0.1, 0.15) is 11.6 Å². The van der Waals surface area contributed by atoms with Gasteiger partial charge in [0.15, 0.2) is 0 Å². The van der Waals surface area contributed by atoms with Crippen LogP contribution in [-0.4, -0.2) is 20.7 Å². The van der Waals surface area contributed by atoms with Gasteiger partial charge in [0.05, 0.1) is 6.20 Å². The number of hydrogen-bond donors (Lipinski definition) is 3. The normalized spacial score (nSPS) is 10.3. The molecule has 0 aliphatic carbocycles. The molecule has 0 aliphatic heterocycles. The van der Waals surface area contributed by atoms with Crippen LogP contribution in [0.1, 0.15) is 15.9 Å². The third kappa shape index (κ3) is 2.40. The number of aryl methyl sites for hydroxylation is 1. The molecule has 0 spiro atoms. The zero-order valence-electron chi connectivity index (χ0n) is 9.92. The molecule has 0 saturated carbocycles. The lowest BCUT2D eigenvalue weighted by atomic mass is 10.2. The second kappa shape index (κ2) is 4.74. The van der Waals surface area contributed by atoms with Crippen LogP contribution in [-0.2, 0) is 13.6 Å². The summed E-state index contributed by atoms with van der Waals surface area (Å²) in [5.74, 6) is 0.671. The van der Waals surface area contributed by atoms with Gasteiger partial charge in [-0.05, 0) is 12.1 Å². The average molecular weight is 246 g/mol. The Balaban J connectivity index is 2.08. The molecule has 94 valence electrons. The molecule has 0 atom stereocenters. The van der Waals surface area contributed by atoms with Crippen molar-refractivity contribution >= 4 is 17.5 Å². The van der Waals surface area contributed by atoms with E-state index in [4.69, 9.17) is 11.5 Å². The zero-order valence-corrected chi connectivity index (χ0v) is 9.92. The first-order chi connectivity index (χ1) is 8.58. The Morgan fingerprint density at radius 3 is 2.94 bits per heavy atom. The van der Waals surface area contributed by atoms with Crippen LogP contribution in [0.2, 0.25) is 0 Å². The fourth-order valence-corrected chi connectivity index (χ4v) is 1.49. The predicted molar refractivity (Wildman–Crippen MR) is 67.7 cm³/mol. The van der Waals surface area contributed by atoms with Gasteiger partial charge in [-0.1, -0.05) is 0 Å². The van der Waals surface area contributed by atoms with Crippen molar-refractivity contribution in [3.05, 3.63) is 35.7 Å². The molecule has 2 heterocycles. The number of nitrogen functional groups attached to an aromatic ring is 1. The lowest BCUT2D eigenvalue weighted by Gasteiger charge is -2.05. The Kier molecular flexibility index (Phi) is 3.13. The maximum Gasteiger partial charge on any atom is 0.248 e. The molecular weight excluding hydrogens is 232 g/mol. The minimum atomic E-state index is -0.485. The molecule has 0 radical (unpaired) electrons. The van der Waals surface area contributed by atoms with Crippen LogP contribution in [0.5, 0.6) is 0 Å². The Morgan fingerprint density at radius 1 is 1.56 bits per heavy atom. The fraction of sp³-hybridized carbons (Fsp3) is 0.182. The Labute approximate surface area is 104 Å². The number of anilines is 2. The van der Waals surface area contributed by atoms with Gasteiger partial charge in [-0.2, -0.15) is 5.10 Å². The lowest BCUT2D eigenvalue weighted by Crippen LogP contribution is -2.12. The summed E-state index contributed by atoms with van der Waals surface area (Å²) >= 11 is 0. The van der Waals surface area contributed by atoms with Gasteiger partial charge in [0.25, 0.3) is 0 Å². The summed E-state index contributed by atoms with van der Waals surface area (Å²) in [4.78, 5) is 15.1. The van der Waals surface area contributed by atoms with E-state index in [1.807, 2.05) is 0 Å². The number of primary amides is 1. The molecule has 2 rings (SSSR count). The van der Waals surface area contributed by atoms with E-state index < -0.39 is 5.91 Å². The van der Waals surface area contributed by atoms with Crippen molar-refractivity contribution in [1.29, 1.82) is 0 Å². The molecule has 18 heavy (non-hydrogen) atoms. The van der Waals surface area contributed by atoms with E-state index in [0.29, 0.717) is 23.7 Å². The highest BCUT2D eigenvalue weighted by Crippen LogP contribution is 2.12. The summed E-state index contributed by atoms with van der Waals surface area (Å²) in [6, 6.07) is 3.15. The quantitative estimate of drug-likeness (QED) is 0.708. The number of nitrogens with zero attached hydrogens (tertiary/aromatic N) is 3. The molecule has 0 saturated heterocycles. The van der Waals surface area contributed by atoms with Crippen molar-refractivity contribution in [1.82, 2.24) is 14.8 Å². The standard InChI is InChI=1S/C11H14N6O/c1-17-10(12)8(6-16-17)5-15-9-4-7(11(13)18)2-3-14-9/h2-4,6H,5,12H2,1H3,(H2,13,18)(H,14,15). The SMILES string of the molecule is Cn1ncc(CNc2cc(C(N)=O)ccn2)c1N. The largest absolute Gasteiger partial charge is 0.384 e. The Bertz CT molecular complexity index is 577. The predicted octanol–water partition coefficient (Wildman–Crippen LogP) is 0.108. The summed E-state index contributed by atoms with van der Waals surface area (Å²) < 4.78 is 1.59. The molecule has 7 nitrogen and oxygen atoms in total. The number of rotatable bonds is 4. The van der Waals surface area contributed by atoms with Gasteiger partial charge >= 0.3 is 0 Å². The van der Waals surface area contributed by atoms with Gasteiger partial charge in [-0.25, -0.2) is 4.98 Å². The van der Waals surface area contributed by atoms with Crippen LogP contribution in [0.25, 0.3) is 0 Å². The van der Waals surface area contributed by atoms with Gasteiger partial charge in [-0.3, -0.25) is 9.48 Å². The number of nitrogens with one attached hydrogen (secondary N) is 1. The van der Waals surface area contributed by atoms with E-state index in [-0.39, 0.29) is 0 Å². The first-order valence-electron chi connectivity index (χ1n) is 5.34. The lowest BCUT2D eigenvalue weighted by molar-refractivity contribution is 0.1000. The number of carbonyl (C=O) groups is 1. The van der Waals surface area contributed by atoms with Crippen molar-refractivity contribution in [3.8, 4) is 0 Å². The molecule has 0 bridgehead atoms. The van der Waals surface area contributed by atoms with E-state index in [2.05, 4.69) is 15.4 Å². The molecule has 1 amide bonds. The molecule has 7 heteroatoms. The van der Waals surface area contributed by atoms with E-state index in [1.165, 1.54) is 6.20 Å². The van der Waals surface area contributed by atoms with Crippen LogP contribution < -0.4 is 16.8 Å². The summed E-state index contributed by atoms with van der Waals surface area (Å²) in [6.45, 7) is 0.481. The summed E-state index contributed by atoms with van der Waals surface area (Å²) in [7, 11) is 1.77. The molecule has 2 aromatic rings. The van der Waals surface area contributed by atoms with Crippen LogP contribution in [0.3, 0.4) is 0 Å². The van der Waals surface area contributed by atoms with E-state index >= 15 is 0 Å². The highest BCUT2D eigenvalue weighted by molar-refractivity contribution is 5.93. The Morgan fingerprint density at radius 2 is 2.33 bits per heavy atom. The number of carbonyl (C=O) groups excluding carboxylic acids is 1. The molecule has 5 N–H and O–H groups in total. The third-order valence-corrected chi connectivity index (χ3v) is 2.57. The number of hydrogen-bond acceptors (Lipinski definition) is 5. The fourth-order valence-electron chi connectivity index (χ4n) is 1.49. The first-order valence-corrected chi connectivity index (χ1v) is 5.34. The van der Waals surface area contributed by atoms with Crippen molar-refractivity contribution in [2.45, 2.75) is 6.54 Å². The molecule has 0 fully saturated rings.